The Kier molecular flexibility index (Phi) is 4.11. The summed E-state index contributed by atoms with van der Waals surface area (Å²) < 4.78 is 15.8. The lowest BCUT2D eigenvalue weighted by Crippen LogP contribution is -2.07. The second-order valence-electron chi connectivity index (χ2n) is 5.09. The van der Waals surface area contributed by atoms with Crippen molar-refractivity contribution in [2.24, 2.45) is 0 Å². The van der Waals surface area contributed by atoms with Crippen LogP contribution in [-0.4, -0.2) is 9.55 Å². The van der Waals surface area contributed by atoms with Gasteiger partial charge in [0.25, 0.3) is 0 Å². The van der Waals surface area contributed by atoms with Gasteiger partial charge in [0.05, 0.1) is 6.54 Å². The molecule has 0 atom stereocenters. The first kappa shape index (κ1) is 14.6. The van der Waals surface area contributed by atoms with Crippen molar-refractivity contribution in [1.82, 2.24) is 9.55 Å². The highest BCUT2D eigenvalue weighted by Crippen LogP contribution is 2.21. The van der Waals surface area contributed by atoms with Crippen molar-refractivity contribution < 1.29 is 4.39 Å². The van der Waals surface area contributed by atoms with Gasteiger partial charge in [0, 0.05) is 35.1 Å². The lowest BCUT2D eigenvalue weighted by molar-refractivity contribution is 0.595. The average molecular weight is 316 g/mol. The average Bonchev–Trinajstić information content (AvgIpc) is 2.90. The molecule has 0 aliphatic heterocycles. The van der Waals surface area contributed by atoms with Crippen LogP contribution in [0.2, 0.25) is 5.02 Å². The molecule has 0 fully saturated rings. The van der Waals surface area contributed by atoms with E-state index in [1.807, 2.05) is 35.0 Å². The maximum atomic E-state index is 13.9. The van der Waals surface area contributed by atoms with Gasteiger partial charge in [0.2, 0.25) is 0 Å². The van der Waals surface area contributed by atoms with E-state index >= 15 is 0 Å². The summed E-state index contributed by atoms with van der Waals surface area (Å²) in [6, 6.07) is 12.4. The Hall–Kier alpha value is -2.33. The molecule has 0 aliphatic carbocycles. The van der Waals surface area contributed by atoms with Crippen LogP contribution >= 0.6 is 11.6 Å². The molecule has 2 N–H and O–H groups in total. The van der Waals surface area contributed by atoms with Crippen molar-refractivity contribution in [2.75, 3.05) is 5.73 Å². The lowest BCUT2D eigenvalue weighted by Gasteiger charge is -2.10. The fourth-order valence-corrected chi connectivity index (χ4v) is 2.61. The summed E-state index contributed by atoms with van der Waals surface area (Å²) in [5.41, 5.74) is 8.04. The largest absolute Gasteiger partial charge is 0.399 e. The molecule has 0 unspecified atom stereocenters. The highest BCUT2D eigenvalue weighted by molar-refractivity contribution is 6.31. The molecular weight excluding hydrogens is 301 g/mol. The summed E-state index contributed by atoms with van der Waals surface area (Å²) >= 11 is 6.09. The van der Waals surface area contributed by atoms with Crippen LogP contribution in [0.25, 0.3) is 0 Å². The van der Waals surface area contributed by atoms with Crippen molar-refractivity contribution in [1.29, 1.82) is 0 Å². The molecule has 0 aliphatic rings. The van der Waals surface area contributed by atoms with Crippen LogP contribution in [0, 0.1) is 5.82 Å². The molecule has 3 aromatic rings. The number of nitrogen functional groups attached to an aromatic ring is 1. The van der Waals surface area contributed by atoms with Gasteiger partial charge in [-0.1, -0.05) is 29.8 Å². The summed E-state index contributed by atoms with van der Waals surface area (Å²) in [5, 5.41) is 0.420. The molecule has 3 rings (SSSR count). The summed E-state index contributed by atoms with van der Waals surface area (Å²) in [7, 11) is 0. The van der Waals surface area contributed by atoms with E-state index in [9.17, 15) is 4.39 Å². The van der Waals surface area contributed by atoms with E-state index in [2.05, 4.69) is 4.98 Å². The molecule has 1 heterocycles. The van der Waals surface area contributed by atoms with Crippen LogP contribution in [-0.2, 0) is 13.0 Å². The number of halogens is 2. The van der Waals surface area contributed by atoms with Crippen molar-refractivity contribution in [3.8, 4) is 0 Å². The maximum absolute atomic E-state index is 13.9. The van der Waals surface area contributed by atoms with Crippen LogP contribution in [0.15, 0.2) is 54.9 Å². The van der Waals surface area contributed by atoms with Gasteiger partial charge in [-0.05, 0) is 29.8 Å². The number of hydrogen-bond donors (Lipinski definition) is 1. The second-order valence-corrected chi connectivity index (χ2v) is 5.50. The van der Waals surface area contributed by atoms with Gasteiger partial charge in [0.1, 0.15) is 11.6 Å². The van der Waals surface area contributed by atoms with Gasteiger partial charge in [-0.15, -0.1) is 0 Å². The summed E-state index contributed by atoms with van der Waals surface area (Å²) in [6.07, 6.45) is 4.16. The minimum atomic E-state index is -0.309. The van der Waals surface area contributed by atoms with E-state index in [-0.39, 0.29) is 5.82 Å². The number of imidazole rings is 1. The van der Waals surface area contributed by atoms with E-state index in [0.717, 1.165) is 11.4 Å². The number of benzene rings is 2. The van der Waals surface area contributed by atoms with Crippen molar-refractivity contribution in [3.63, 3.8) is 0 Å². The van der Waals surface area contributed by atoms with E-state index in [4.69, 9.17) is 17.3 Å². The molecule has 3 nitrogen and oxygen atoms in total. The zero-order valence-electron chi connectivity index (χ0n) is 11.8. The number of rotatable bonds is 4. The van der Waals surface area contributed by atoms with Gasteiger partial charge in [-0.2, -0.15) is 0 Å². The molecule has 0 saturated carbocycles. The molecular formula is C17H15ClFN3. The molecule has 1 aromatic heterocycles. The van der Waals surface area contributed by atoms with Crippen LogP contribution in [0.5, 0.6) is 0 Å². The van der Waals surface area contributed by atoms with E-state index in [1.54, 1.807) is 18.3 Å². The van der Waals surface area contributed by atoms with Gasteiger partial charge in [0.15, 0.2) is 0 Å². The van der Waals surface area contributed by atoms with Crippen LogP contribution in [0.1, 0.15) is 17.0 Å². The van der Waals surface area contributed by atoms with E-state index in [0.29, 0.717) is 29.2 Å². The predicted molar refractivity (Wildman–Crippen MR) is 86.4 cm³/mol. The Bertz CT molecular complexity index is 778. The van der Waals surface area contributed by atoms with E-state index in [1.165, 1.54) is 6.07 Å². The molecule has 0 spiro atoms. The number of hydrogen-bond acceptors (Lipinski definition) is 2. The lowest BCUT2D eigenvalue weighted by atomic mass is 10.1. The third kappa shape index (κ3) is 3.12. The molecule has 0 amide bonds. The Morgan fingerprint density at radius 3 is 2.77 bits per heavy atom. The molecule has 0 saturated heterocycles. The molecule has 2 aromatic carbocycles. The molecule has 0 bridgehead atoms. The molecule has 5 heteroatoms. The number of aromatic nitrogens is 2. The molecule has 0 radical (unpaired) electrons. The van der Waals surface area contributed by atoms with Crippen LogP contribution in [0.3, 0.4) is 0 Å². The highest BCUT2D eigenvalue weighted by atomic mass is 35.5. The van der Waals surface area contributed by atoms with Crippen LogP contribution in [0.4, 0.5) is 10.1 Å². The van der Waals surface area contributed by atoms with Gasteiger partial charge >= 0.3 is 0 Å². The summed E-state index contributed by atoms with van der Waals surface area (Å²) in [4.78, 5) is 4.35. The van der Waals surface area contributed by atoms with E-state index < -0.39 is 0 Å². The monoisotopic (exact) mass is 315 g/mol. The number of anilines is 1. The first-order chi connectivity index (χ1) is 10.6. The normalized spacial score (nSPS) is 10.8. The fourth-order valence-electron chi connectivity index (χ4n) is 2.39. The summed E-state index contributed by atoms with van der Waals surface area (Å²) in [5.74, 6) is 0.529. The Balaban J connectivity index is 1.86. The predicted octanol–water partition coefficient (Wildman–Crippen LogP) is 3.90. The van der Waals surface area contributed by atoms with Crippen molar-refractivity contribution >= 4 is 17.3 Å². The zero-order chi connectivity index (χ0) is 15.5. The van der Waals surface area contributed by atoms with Crippen molar-refractivity contribution in [2.45, 2.75) is 13.0 Å². The van der Waals surface area contributed by atoms with Crippen molar-refractivity contribution in [3.05, 3.63) is 82.6 Å². The maximum Gasteiger partial charge on any atom is 0.129 e. The van der Waals surface area contributed by atoms with Gasteiger partial charge in [-0.25, -0.2) is 9.37 Å². The standard InChI is InChI=1S/C17H15ClFN3/c18-15-5-2-6-16(19)14(15)11-22-8-7-21-17(22)10-12-3-1-4-13(20)9-12/h1-9H,10-11,20H2. The highest BCUT2D eigenvalue weighted by Gasteiger charge is 2.11. The first-order valence-corrected chi connectivity index (χ1v) is 7.28. The number of nitrogens with two attached hydrogens (primary N) is 1. The molecule has 22 heavy (non-hydrogen) atoms. The van der Waals surface area contributed by atoms with Crippen LogP contribution < -0.4 is 5.73 Å². The third-order valence-electron chi connectivity index (χ3n) is 3.51. The van der Waals surface area contributed by atoms with Gasteiger partial charge in [-0.3, -0.25) is 0 Å². The SMILES string of the molecule is Nc1cccc(Cc2nccn2Cc2c(F)cccc2Cl)c1. The number of nitrogens with zero attached hydrogens (tertiary/aromatic N) is 2. The third-order valence-corrected chi connectivity index (χ3v) is 3.86. The van der Waals surface area contributed by atoms with Gasteiger partial charge < -0.3 is 10.3 Å². The smallest absolute Gasteiger partial charge is 0.129 e. The Labute approximate surface area is 133 Å². The minimum absolute atomic E-state index is 0.309. The Morgan fingerprint density at radius 1 is 1.18 bits per heavy atom. The molecule has 112 valence electrons. The topological polar surface area (TPSA) is 43.8 Å². The Morgan fingerprint density at radius 2 is 2.00 bits per heavy atom. The fraction of sp³-hybridized carbons (Fsp3) is 0.118. The second kappa shape index (κ2) is 6.20. The summed E-state index contributed by atoms with van der Waals surface area (Å²) in [6.45, 7) is 0.350. The zero-order valence-corrected chi connectivity index (χ0v) is 12.6. The first-order valence-electron chi connectivity index (χ1n) is 6.91. The minimum Gasteiger partial charge on any atom is -0.399 e. The quantitative estimate of drug-likeness (QED) is 0.742.